The molecule has 0 saturated heterocycles. The fraction of sp³-hybridized carbons (Fsp3) is 0.533. The van der Waals surface area contributed by atoms with Crippen molar-refractivity contribution in [3.8, 4) is 0 Å². The van der Waals surface area contributed by atoms with Crippen LogP contribution in [0.1, 0.15) is 78.4 Å². The molecule has 2 aliphatic rings. The van der Waals surface area contributed by atoms with Gasteiger partial charge >= 0.3 is 0 Å². The molecule has 2 aliphatic heterocycles. The van der Waals surface area contributed by atoms with Gasteiger partial charge in [-0.15, -0.1) is 0 Å². The summed E-state index contributed by atoms with van der Waals surface area (Å²) >= 11 is 0. The third-order valence-corrected chi connectivity index (χ3v) is 7.26. The minimum Gasteiger partial charge on any atom is -0.321 e. The second kappa shape index (κ2) is 9.93. The SMILES string of the molecule is CC(C)c1cccc(N2CC(C(C)C)N=C2C2=NC(C(C)C)CN2c2cccc(C(C)C)c2)c1. The van der Waals surface area contributed by atoms with E-state index in [4.69, 9.17) is 9.98 Å². The van der Waals surface area contributed by atoms with E-state index in [9.17, 15) is 0 Å². The first-order chi connectivity index (χ1) is 16.2. The zero-order chi connectivity index (χ0) is 24.6. The molecular formula is C30H42N4. The molecule has 0 radical (unpaired) electrons. The summed E-state index contributed by atoms with van der Waals surface area (Å²) in [4.78, 5) is 15.4. The fourth-order valence-corrected chi connectivity index (χ4v) is 4.72. The molecule has 182 valence electrons. The number of nitrogens with zero attached hydrogens (tertiary/aromatic N) is 4. The summed E-state index contributed by atoms with van der Waals surface area (Å²) in [5.41, 5.74) is 5.17. The molecule has 2 aromatic carbocycles. The molecule has 0 saturated carbocycles. The van der Waals surface area contributed by atoms with E-state index in [-0.39, 0.29) is 12.1 Å². The van der Waals surface area contributed by atoms with E-state index >= 15 is 0 Å². The highest BCUT2D eigenvalue weighted by Gasteiger charge is 2.38. The number of benzene rings is 2. The molecule has 2 aromatic rings. The Bertz CT molecular complexity index is 977. The first-order valence-electron chi connectivity index (χ1n) is 13.1. The molecule has 2 unspecified atom stereocenters. The Kier molecular flexibility index (Phi) is 7.16. The molecule has 0 fully saturated rings. The Balaban J connectivity index is 1.79. The van der Waals surface area contributed by atoms with Crippen molar-refractivity contribution in [2.75, 3.05) is 22.9 Å². The second-order valence-electron chi connectivity index (χ2n) is 11.2. The molecule has 0 spiro atoms. The van der Waals surface area contributed by atoms with Crippen molar-refractivity contribution >= 4 is 23.0 Å². The quantitative estimate of drug-likeness (QED) is 0.442. The minimum atomic E-state index is 0.266. The Morgan fingerprint density at radius 3 is 1.32 bits per heavy atom. The lowest BCUT2D eigenvalue weighted by molar-refractivity contribution is 0.521. The predicted molar refractivity (Wildman–Crippen MR) is 148 cm³/mol. The van der Waals surface area contributed by atoms with Crippen molar-refractivity contribution in [1.29, 1.82) is 0 Å². The van der Waals surface area contributed by atoms with Crippen LogP contribution in [0, 0.1) is 11.8 Å². The second-order valence-corrected chi connectivity index (χ2v) is 11.2. The smallest absolute Gasteiger partial charge is 0.172 e. The van der Waals surface area contributed by atoms with Gasteiger partial charge in [0.25, 0.3) is 0 Å². The van der Waals surface area contributed by atoms with Gasteiger partial charge in [0.1, 0.15) is 0 Å². The maximum absolute atomic E-state index is 5.30. The van der Waals surface area contributed by atoms with Crippen LogP contribution in [-0.2, 0) is 0 Å². The summed E-state index contributed by atoms with van der Waals surface area (Å²) in [5, 5.41) is 0. The van der Waals surface area contributed by atoms with Crippen molar-refractivity contribution in [1.82, 2.24) is 0 Å². The first kappa shape index (κ1) is 24.5. The largest absolute Gasteiger partial charge is 0.321 e. The average Bonchev–Trinajstić information content (AvgIpc) is 3.44. The van der Waals surface area contributed by atoms with Gasteiger partial charge in [-0.3, -0.25) is 9.98 Å². The molecule has 0 amide bonds. The van der Waals surface area contributed by atoms with Gasteiger partial charge < -0.3 is 9.80 Å². The van der Waals surface area contributed by atoms with Crippen LogP contribution in [0.4, 0.5) is 11.4 Å². The highest BCUT2D eigenvalue weighted by Crippen LogP contribution is 2.32. The zero-order valence-electron chi connectivity index (χ0n) is 22.3. The third kappa shape index (κ3) is 4.92. The van der Waals surface area contributed by atoms with Crippen molar-refractivity contribution in [3.63, 3.8) is 0 Å². The van der Waals surface area contributed by atoms with Gasteiger partial charge in [0.05, 0.1) is 12.1 Å². The van der Waals surface area contributed by atoms with E-state index in [2.05, 4.69) is 114 Å². The van der Waals surface area contributed by atoms with E-state index < -0.39 is 0 Å². The van der Waals surface area contributed by atoms with Crippen LogP contribution < -0.4 is 9.80 Å². The zero-order valence-corrected chi connectivity index (χ0v) is 22.3. The maximum Gasteiger partial charge on any atom is 0.172 e. The molecule has 0 N–H and O–H groups in total. The topological polar surface area (TPSA) is 31.2 Å². The molecular weight excluding hydrogens is 416 g/mol. The summed E-state index contributed by atoms with van der Waals surface area (Å²) in [7, 11) is 0. The lowest BCUT2D eigenvalue weighted by atomic mass is 10.0. The molecule has 0 aliphatic carbocycles. The maximum atomic E-state index is 5.30. The molecule has 4 nitrogen and oxygen atoms in total. The van der Waals surface area contributed by atoms with Crippen molar-refractivity contribution in [2.45, 2.75) is 79.3 Å². The monoisotopic (exact) mass is 458 g/mol. The summed E-state index contributed by atoms with van der Waals surface area (Å²) in [6.45, 7) is 19.9. The standard InChI is InChI=1S/C30H42N4/c1-19(2)23-11-9-13-25(15-23)33-17-27(21(5)6)31-29(33)30-32-28(22(7)8)18-34(30)26-14-10-12-24(16-26)20(3)4/h9-16,19-22,27-28H,17-18H2,1-8H3. The Hall–Kier alpha value is -2.62. The third-order valence-electron chi connectivity index (χ3n) is 7.26. The van der Waals surface area contributed by atoms with Gasteiger partial charge in [0.15, 0.2) is 11.7 Å². The van der Waals surface area contributed by atoms with Gasteiger partial charge in [-0.05, 0) is 59.1 Å². The van der Waals surface area contributed by atoms with Crippen LogP contribution in [0.3, 0.4) is 0 Å². The molecule has 4 rings (SSSR count). The van der Waals surface area contributed by atoms with Crippen LogP contribution in [0.25, 0.3) is 0 Å². The van der Waals surface area contributed by atoms with E-state index in [0.29, 0.717) is 23.7 Å². The van der Waals surface area contributed by atoms with Gasteiger partial charge in [-0.1, -0.05) is 79.7 Å². The van der Waals surface area contributed by atoms with Crippen LogP contribution in [0.5, 0.6) is 0 Å². The summed E-state index contributed by atoms with van der Waals surface area (Å²) in [6.07, 6.45) is 0. The summed E-state index contributed by atoms with van der Waals surface area (Å²) < 4.78 is 0. The van der Waals surface area contributed by atoms with Crippen molar-refractivity contribution in [2.24, 2.45) is 21.8 Å². The van der Waals surface area contributed by atoms with Gasteiger partial charge in [-0.25, -0.2) is 0 Å². The molecule has 0 aromatic heterocycles. The van der Waals surface area contributed by atoms with E-state index in [1.165, 1.54) is 22.5 Å². The van der Waals surface area contributed by atoms with Crippen LogP contribution in [0.15, 0.2) is 58.5 Å². The molecule has 2 heterocycles. The van der Waals surface area contributed by atoms with Crippen LogP contribution in [-0.4, -0.2) is 36.8 Å². The van der Waals surface area contributed by atoms with Gasteiger partial charge in [-0.2, -0.15) is 0 Å². The van der Waals surface area contributed by atoms with E-state index in [1.807, 2.05) is 0 Å². The number of aliphatic imine (C=N–C) groups is 2. The Labute approximate surface area is 206 Å². The van der Waals surface area contributed by atoms with Gasteiger partial charge in [0, 0.05) is 24.5 Å². The molecule has 0 bridgehead atoms. The van der Waals surface area contributed by atoms with Crippen molar-refractivity contribution in [3.05, 3.63) is 59.7 Å². The molecule has 34 heavy (non-hydrogen) atoms. The lowest BCUT2D eigenvalue weighted by Gasteiger charge is -2.27. The van der Waals surface area contributed by atoms with Crippen LogP contribution in [0.2, 0.25) is 0 Å². The minimum absolute atomic E-state index is 0.266. The molecule has 4 heteroatoms. The number of hydrogen-bond donors (Lipinski definition) is 0. The summed E-state index contributed by atoms with van der Waals surface area (Å²) in [6, 6.07) is 18.5. The van der Waals surface area contributed by atoms with Crippen LogP contribution >= 0.6 is 0 Å². The highest BCUT2D eigenvalue weighted by molar-refractivity contribution is 6.50. The number of amidine groups is 2. The van der Waals surface area contributed by atoms with Crippen molar-refractivity contribution < 1.29 is 0 Å². The van der Waals surface area contributed by atoms with E-state index in [0.717, 1.165) is 24.8 Å². The average molecular weight is 459 g/mol. The summed E-state index contributed by atoms with van der Waals surface area (Å²) in [5.74, 6) is 4.00. The van der Waals surface area contributed by atoms with E-state index in [1.54, 1.807) is 0 Å². The highest BCUT2D eigenvalue weighted by atomic mass is 15.4. The number of rotatable bonds is 7. The lowest BCUT2D eigenvalue weighted by Crippen LogP contribution is -2.42. The number of anilines is 2. The first-order valence-corrected chi connectivity index (χ1v) is 13.1. The van der Waals surface area contributed by atoms with Gasteiger partial charge in [0.2, 0.25) is 0 Å². The normalized spacial score (nSPS) is 20.8. The fourth-order valence-electron chi connectivity index (χ4n) is 4.72. The number of hydrogen-bond acceptors (Lipinski definition) is 4. The predicted octanol–water partition coefficient (Wildman–Crippen LogP) is 7.12. The molecule has 2 atom stereocenters. The Morgan fingerprint density at radius 2 is 1.00 bits per heavy atom. The Morgan fingerprint density at radius 1 is 0.618 bits per heavy atom.